The van der Waals surface area contributed by atoms with Crippen LogP contribution in [-0.2, 0) is 0 Å². The van der Waals surface area contributed by atoms with Gasteiger partial charge in [0.25, 0.3) is 0 Å². The number of benzene rings is 1. The SMILES string of the molecule is CC(=O)c1ccc(N[C@H]2C[C@@H](C)NC(=S)N2)cc1. The van der Waals surface area contributed by atoms with Crippen molar-refractivity contribution in [3.8, 4) is 0 Å². The molecule has 0 saturated carbocycles. The Hall–Kier alpha value is -1.62. The van der Waals surface area contributed by atoms with Crippen LogP contribution in [0.3, 0.4) is 0 Å². The topological polar surface area (TPSA) is 53.2 Å². The molecule has 1 aromatic rings. The third kappa shape index (κ3) is 3.20. The van der Waals surface area contributed by atoms with E-state index in [1.807, 2.05) is 24.3 Å². The van der Waals surface area contributed by atoms with E-state index in [1.165, 1.54) is 0 Å². The normalized spacial score (nSPS) is 22.9. The summed E-state index contributed by atoms with van der Waals surface area (Å²) in [5, 5.41) is 10.4. The van der Waals surface area contributed by atoms with Crippen LogP contribution < -0.4 is 16.0 Å². The standard InChI is InChI=1S/C13H17N3OS/c1-8-7-12(16-13(18)14-8)15-11-5-3-10(4-6-11)9(2)17/h3-6,8,12,15H,7H2,1-2H3,(H2,14,16,18)/t8-,12-/m1/s1. The summed E-state index contributed by atoms with van der Waals surface area (Å²) >= 11 is 5.12. The second-order valence-electron chi connectivity index (χ2n) is 4.59. The first-order chi connectivity index (χ1) is 8.54. The molecule has 96 valence electrons. The molecule has 2 rings (SSSR count). The van der Waals surface area contributed by atoms with Crippen molar-refractivity contribution in [3.63, 3.8) is 0 Å². The molecule has 18 heavy (non-hydrogen) atoms. The highest BCUT2D eigenvalue weighted by molar-refractivity contribution is 7.80. The second-order valence-corrected chi connectivity index (χ2v) is 4.99. The number of rotatable bonds is 3. The van der Waals surface area contributed by atoms with Crippen molar-refractivity contribution in [2.24, 2.45) is 0 Å². The van der Waals surface area contributed by atoms with Crippen LogP contribution in [0.2, 0.25) is 0 Å². The summed E-state index contributed by atoms with van der Waals surface area (Å²) in [6.45, 7) is 3.66. The minimum absolute atomic E-state index is 0.0799. The van der Waals surface area contributed by atoms with Gasteiger partial charge in [0.15, 0.2) is 10.9 Å². The molecule has 1 fully saturated rings. The van der Waals surface area contributed by atoms with Crippen LogP contribution in [0.4, 0.5) is 5.69 Å². The second kappa shape index (κ2) is 5.35. The summed E-state index contributed by atoms with van der Waals surface area (Å²) in [6, 6.07) is 7.83. The summed E-state index contributed by atoms with van der Waals surface area (Å²) in [7, 11) is 0. The van der Waals surface area contributed by atoms with Crippen LogP contribution >= 0.6 is 12.2 Å². The zero-order chi connectivity index (χ0) is 13.1. The number of hydrogen-bond acceptors (Lipinski definition) is 3. The van der Waals surface area contributed by atoms with Crippen molar-refractivity contribution in [2.45, 2.75) is 32.5 Å². The molecule has 0 amide bonds. The molecule has 0 aromatic heterocycles. The van der Waals surface area contributed by atoms with Gasteiger partial charge in [0, 0.05) is 23.7 Å². The number of carbonyl (C=O) groups is 1. The Labute approximate surface area is 112 Å². The Morgan fingerprint density at radius 2 is 2.00 bits per heavy atom. The number of carbonyl (C=O) groups excluding carboxylic acids is 1. The third-order valence-corrected chi connectivity index (χ3v) is 3.14. The average Bonchev–Trinajstić information content (AvgIpc) is 2.28. The summed E-state index contributed by atoms with van der Waals surface area (Å²) < 4.78 is 0. The zero-order valence-corrected chi connectivity index (χ0v) is 11.3. The van der Waals surface area contributed by atoms with Gasteiger partial charge in [-0.3, -0.25) is 4.79 Å². The lowest BCUT2D eigenvalue weighted by Gasteiger charge is -2.32. The molecule has 1 heterocycles. The molecule has 1 saturated heterocycles. The van der Waals surface area contributed by atoms with Crippen molar-refractivity contribution in [1.82, 2.24) is 10.6 Å². The minimum Gasteiger partial charge on any atom is -0.365 e. The highest BCUT2D eigenvalue weighted by Crippen LogP contribution is 2.13. The summed E-state index contributed by atoms with van der Waals surface area (Å²) in [5.41, 5.74) is 1.71. The van der Waals surface area contributed by atoms with Gasteiger partial charge in [-0.15, -0.1) is 0 Å². The fourth-order valence-corrected chi connectivity index (χ4v) is 2.34. The predicted molar refractivity (Wildman–Crippen MR) is 76.8 cm³/mol. The quantitative estimate of drug-likeness (QED) is 0.574. The lowest BCUT2D eigenvalue weighted by atomic mass is 10.1. The maximum atomic E-state index is 11.2. The van der Waals surface area contributed by atoms with E-state index < -0.39 is 0 Å². The average molecular weight is 263 g/mol. The molecular formula is C13H17N3OS. The van der Waals surface area contributed by atoms with Crippen LogP contribution in [0.1, 0.15) is 30.6 Å². The van der Waals surface area contributed by atoms with Gasteiger partial charge >= 0.3 is 0 Å². The Balaban J connectivity index is 2.00. The van der Waals surface area contributed by atoms with Crippen LogP contribution in [0, 0.1) is 0 Å². The maximum Gasteiger partial charge on any atom is 0.168 e. The largest absolute Gasteiger partial charge is 0.365 e. The van der Waals surface area contributed by atoms with Crippen molar-refractivity contribution in [1.29, 1.82) is 0 Å². The Morgan fingerprint density at radius 1 is 1.33 bits per heavy atom. The number of anilines is 1. The van der Waals surface area contributed by atoms with Gasteiger partial charge < -0.3 is 16.0 Å². The highest BCUT2D eigenvalue weighted by atomic mass is 32.1. The fourth-order valence-electron chi connectivity index (χ4n) is 1.99. The van der Waals surface area contributed by atoms with Crippen molar-refractivity contribution < 1.29 is 4.79 Å². The van der Waals surface area contributed by atoms with Gasteiger partial charge in [0.05, 0.1) is 0 Å². The van der Waals surface area contributed by atoms with Gasteiger partial charge in [0.2, 0.25) is 0 Å². The Kier molecular flexibility index (Phi) is 3.81. The van der Waals surface area contributed by atoms with Gasteiger partial charge in [-0.05, 0) is 50.3 Å². The smallest absolute Gasteiger partial charge is 0.168 e. The Bertz CT molecular complexity index is 458. The molecule has 0 spiro atoms. The predicted octanol–water partition coefficient (Wildman–Crippen LogP) is 1.88. The first-order valence-corrected chi connectivity index (χ1v) is 6.40. The lowest BCUT2D eigenvalue weighted by Crippen LogP contribution is -2.55. The number of ketones is 1. The number of thiocarbonyl (C=S) groups is 1. The maximum absolute atomic E-state index is 11.2. The van der Waals surface area contributed by atoms with Gasteiger partial charge in [-0.25, -0.2) is 0 Å². The number of nitrogens with one attached hydrogen (secondary N) is 3. The molecule has 3 N–H and O–H groups in total. The summed E-state index contributed by atoms with van der Waals surface area (Å²) in [6.07, 6.45) is 1.06. The minimum atomic E-state index is 0.0799. The third-order valence-electron chi connectivity index (χ3n) is 2.90. The molecule has 1 aromatic carbocycles. The molecule has 0 aliphatic carbocycles. The number of Topliss-reactive ketones (excluding diaryl/α,β-unsaturated/α-hetero) is 1. The number of hydrogen-bond donors (Lipinski definition) is 3. The molecule has 0 bridgehead atoms. The lowest BCUT2D eigenvalue weighted by molar-refractivity contribution is 0.101. The van der Waals surface area contributed by atoms with E-state index >= 15 is 0 Å². The molecule has 1 aliphatic rings. The van der Waals surface area contributed by atoms with E-state index in [0.717, 1.165) is 17.7 Å². The highest BCUT2D eigenvalue weighted by Gasteiger charge is 2.20. The Morgan fingerprint density at radius 3 is 2.56 bits per heavy atom. The molecule has 1 aliphatic heterocycles. The van der Waals surface area contributed by atoms with Crippen molar-refractivity contribution in [3.05, 3.63) is 29.8 Å². The van der Waals surface area contributed by atoms with Gasteiger partial charge in [-0.1, -0.05) is 0 Å². The molecule has 0 radical (unpaired) electrons. The van der Waals surface area contributed by atoms with Crippen molar-refractivity contribution >= 4 is 28.8 Å². The summed E-state index contributed by atoms with van der Waals surface area (Å²) in [4.78, 5) is 11.2. The monoisotopic (exact) mass is 263 g/mol. The van der Waals surface area contributed by atoms with E-state index in [4.69, 9.17) is 12.2 Å². The van der Waals surface area contributed by atoms with Gasteiger partial charge in [-0.2, -0.15) is 0 Å². The van der Waals surface area contributed by atoms with E-state index in [1.54, 1.807) is 6.92 Å². The molecule has 5 heteroatoms. The molecule has 2 atom stereocenters. The zero-order valence-electron chi connectivity index (χ0n) is 10.5. The van der Waals surface area contributed by atoms with Crippen LogP contribution in [0.25, 0.3) is 0 Å². The van der Waals surface area contributed by atoms with E-state index in [-0.39, 0.29) is 11.9 Å². The van der Waals surface area contributed by atoms with Crippen LogP contribution in [-0.4, -0.2) is 23.1 Å². The molecule has 0 unspecified atom stereocenters. The fraction of sp³-hybridized carbons (Fsp3) is 0.385. The van der Waals surface area contributed by atoms with E-state index in [0.29, 0.717) is 11.2 Å². The van der Waals surface area contributed by atoms with Crippen molar-refractivity contribution in [2.75, 3.05) is 5.32 Å². The molecule has 4 nitrogen and oxygen atoms in total. The van der Waals surface area contributed by atoms with Crippen LogP contribution in [0.15, 0.2) is 24.3 Å². The first-order valence-electron chi connectivity index (χ1n) is 5.99. The van der Waals surface area contributed by atoms with Gasteiger partial charge in [0.1, 0.15) is 6.17 Å². The van der Waals surface area contributed by atoms with Crippen LogP contribution in [0.5, 0.6) is 0 Å². The first kappa shape index (κ1) is 12.8. The summed E-state index contributed by atoms with van der Waals surface area (Å²) in [5.74, 6) is 0.0799. The molecular weight excluding hydrogens is 246 g/mol. The van der Waals surface area contributed by atoms with E-state index in [2.05, 4.69) is 22.9 Å². The van der Waals surface area contributed by atoms with E-state index in [9.17, 15) is 4.79 Å².